The van der Waals surface area contributed by atoms with Gasteiger partial charge in [0.1, 0.15) is 17.8 Å². The van der Waals surface area contributed by atoms with Gasteiger partial charge in [0.25, 0.3) is 0 Å². The van der Waals surface area contributed by atoms with Gasteiger partial charge in [-0.25, -0.2) is 4.98 Å². The highest BCUT2D eigenvalue weighted by molar-refractivity contribution is 5.87. The summed E-state index contributed by atoms with van der Waals surface area (Å²) in [6.07, 6.45) is 1.50. The number of Topliss-reactive ketones (excluding diaryl/α,β-unsaturated/α-hetero) is 1. The van der Waals surface area contributed by atoms with Crippen LogP contribution in [0.2, 0.25) is 0 Å². The first kappa shape index (κ1) is 17.6. The highest BCUT2D eigenvalue weighted by atomic mass is 16.2. The summed E-state index contributed by atoms with van der Waals surface area (Å²) in [7, 11) is 3.47. The predicted molar refractivity (Wildman–Crippen MR) is 90.5 cm³/mol. The van der Waals surface area contributed by atoms with Gasteiger partial charge in [0.15, 0.2) is 11.5 Å². The third kappa shape index (κ3) is 3.96. The van der Waals surface area contributed by atoms with Crippen molar-refractivity contribution in [2.45, 2.75) is 13.5 Å². The van der Waals surface area contributed by atoms with E-state index in [1.54, 1.807) is 18.7 Å². The van der Waals surface area contributed by atoms with Crippen molar-refractivity contribution < 1.29 is 9.59 Å². The summed E-state index contributed by atoms with van der Waals surface area (Å²) >= 11 is 0. The Labute approximate surface area is 139 Å². The second-order valence-corrected chi connectivity index (χ2v) is 5.35. The van der Waals surface area contributed by atoms with Crippen LogP contribution in [0.4, 0.5) is 11.8 Å². The van der Waals surface area contributed by atoms with E-state index in [0.717, 1.165) is 0 Å². The molecule has 0 atom stereocenters. The number of aromatic nitrogens is 4. The minimum atomic E-state index is -0.192. The van der Waals surface area contributed by atoms with E-state index in [2.05, 4.69) is 25.6 Å². The third-order valence-corrected chi connectivity index (χ3v) is 3.42. The van der Waals surface area contributed by atoms with Gasteiger partial charge in [-0.2, -0.15) is 9.97 Å². The van der Waals surface area contributed by atoms with Gasteiger partial charge in [0.05, 0.1) is 12.9 Å². The Bertz CT molecular complexity index is 742. The van der Waals surface area contributed by atoms with E-state index in [1.165, 1.54) is 18.2 Å². The van der Waals surface area contributed by atoms with Crippen molar-refractivity contribution in [3.63, 3.8) is 0 Å². The Morgan fingerprint density at radius 2 is 2.08 bits per heavy atom. The smallest absolute Gasteiger partial charge is 0.243 e. The van der Waals surface area contributed by atoms with E-state index >= 15 is 0 Å². The zero-order chi connectivity index (χ0) is 17.7. The summed E-state index contributed by atoms with van der Waals surface area (Å²) in [4.78, 5) is 38.0. The van der Waals surface area contributed by atoms with Crippen LogP contribution < -0.4 is 16.4 Å². The van der Waals surface area contributed by atoms with Crippen molar-refractivity contribution in [2.24, 2.45) is 0 Å². The molecule has 4 N–H and O–H groups in total. The number of imidazole rings is 1. The number of hydrogen-bond donors (Lipinski definition) is 3. The number of nitrogen functional groups attached to an aromatic ring is 1. The van der Waals surface area contributed by atoms with Crippen LogP contribution in [0.25, 0.3) is 11.2 Å². The first-order chi connectivity index (χ1) is 11.5. The fourth-order valence-corrected chi connectivity index (χ4v) is 2.25. The highest BCUT2D eigenvalue weighted by Gasteiger charge is 2.18. The maximum absolute atomic E-state index is 12.5. The summed E-state index contributed by atoms with van der Waals surface area (Å²) in [6.45, 7) is 2.60. The Balaban J connectivity index is 2.25. The molecule has 10 heteroatoms. The third-order valence-electron chi connectivity index (χ3n) is 3.42. The number of likely N-dealkylation sites (N-methyl/N-ethyl adjacent to an activating group) is 1. The van der Waals surface area contributed by atoms with Gasteiger partial charge >= 0.3 is 0 Å². The molecular weight excluding hydrogens is 312 g/mol. The summed E-state index contributed by atoms with van der Waals surface area (Å²) in [5, 5.41) is 5.78. The van der Waals surface area contributed by atoms with Gasteiger partial charge in [-0.05, 0) is 14.0 Å². The van der Waals surface area contributed by atoms with Crippen LogP contribution in [0.15, 0.2) is 6.33 Å². The van der Waals surface area contributed by atoms with Crippen molar-refractivity contribution in [3.8, 4) is 0 Å². The molecule has 0 aliphatic carbocycles. The number of nitrogens with two attached hydrogens (primary N) is 1. The summed E-state index contributed by atoms with van der Waals surface area (Å²) < 4.78 is 1.60. The summed E-state index contributed by atoms with van der Waals surface area (Å²) in [5.41, 5.74) is 6.76. The standard InChI is InChI=1S/C14H22N8O2/c1-9(23)6-21(5-4-16-2)10(24)7-22-8-18-11-12(15)19-14(17-3)20-13(11)22/h8,16H,4-7H2,1-3H3,(H3,15,17,19,20). The molecule has 0 aliphatic heterocycles. The first-order valence-electron chi connectivity index (χ1n) is 7.54. The number of nitrogens with zero attached hydrogens (tertiary/aromatic N) is 5. The van der Waals surface area contributed by atoms with Crippen LogP contribution in [-0.4, -0.2) is 69.8 Å². The SMILES string of the molecule is CNCCN(CC(C)=O)C(=O)Cn1cnc2c(N)nc(NC)nc21. The van der Waals surface area contributed by atoms with Gasteiger partial charge in [-0.15, -0.1) is 0 Å². The topological polar surface area (TPSA) is 131 Å². The van der Waals surface area contributed by atoms with Crippen LogP contribution in [0.3, 0.4) is 0 Å². The number of ketones is 1. The molecule has 2 aromatic heterocycles. The van der Waals surface area contributed by atoms with E-state index in [1.807, 2.05) is 0 Å². The lowest BCUT2D eigenvalue weighted by Crippen LogP contribution is -2.40. The molecule has 0 aromatic carbocycles. The highest BCUT2D eigenvalue weighted by Crippen LogP contribution is 2.18. The number of nitrogens with one attached hydrogen (secondary N) is 2. The van der Waals surface area contributed by atoms with Gasteiger partial charge in [-0.3, -0.25) is 9.59 Å². The van der Waals surface area contributed by atoms with Crippen LogP contribution in [0.1, 0.15) is 6.92 Å². The van der Waals surface area contributed by atoms with Gasteiger partial charge in [0.2, 0.25) is 11.9 Å². The second-order valence-electron chi connectivity index (χ2n) is 5.35. The lowest BCUT2D eigenvalue weighted by Gasteiger charge is -2.21. The number of carbonyl (C=O) groups is 2. The number of rotatable bonds is 8. The Morgan fingerprint density at radius 3 is 2.71 bits per heavy atom. The average Bonchev–Trinajstić information content (AvgIpc) is 2.94. The molecule has 0 spiro atoms. The molecule has 10 nitrogen and oxygen atoms in total. The fourth-order valence-electron chi connectivity index (χ4n) is 2.25. The zero-order valence-corrected chi connectivity index (χ0v) is 14.0. The molecule has 0 fully saturated rings. The molecule has 0 saturated carbocycles. The molecule has 0 bridgehead atoms. The number of fused-ring (bicyclic) bond motifs is 1. The van der Waals surface area contributed by atoms with Crippen LogP contribution in [-0.2, 0) is 16.1 Å². The first-order valence-corrected chi connectivity index (χ1v) is 7.54. The van der Waals surface area contributed by atoms with Crippen molar-refractivity contribution >= 4 is 34.6 Å². The van der Waals surface area contributed by atoms with Crippen molar-refractivity contribution in [2.75, 3.05) is 44.8 Å². The number of carbonyl (C=O) groups excluding carboxylic acids is 2. The van der Waals surface area contributed by atoms with Crippen molar-refractivity contribution in [3.05, 3.63) is 6.33 Å². The van der Waals surface area contributed by atoms with E-state index in [9.17, 15) is 9.59 Å². The number of anilines is 2. The van der Waals surface area contributed by atoms with Crippen LogP contribution in [0.5, 0.6) is 0 Å². The minimum Gasteiger partial charge on any atom is -0.382 e. The van der Waals surface area contributed by atoms with Gasteiger partial charge in [0, 0.05) is 20.1 Å². The normalized spacial score (nSPS) is 10.8. The van der Waals surface area contributed by atoms with Crippen molar-refractivity contribution in [1.82, 2.24) is 29.7 Å². The Hall–Kier alpha value is -2.75. The number of hydrogen-bond acceptors (Lipinski definition) is 8. The van der Waals surface area contributed by atoms with Gasteiger partial charge < -0.3 is 25.8 Å². The summed E-state index contributed by atoms with van der Waals surface area (Å²) in [5.74, 6) is 0.332. The zero-order valence-electron chi connectivity index (χ0n) is 14.0. The number of amides is 1. The Morgan fingerprint density at radius 1 is 1.33 bits per heavy atom. The van der Waals surface area contributed by atoms with Crippen LogP contribution in [0, 0.1) is 0 Å². The molecule has 0 unspecified atom stereocenters. The molecule has 1 amide bonds. The molecule has 2 heterocycles. The second kappa shape index (κ2) is 7.68. The molecule has 2 rings (SSSR count). The lowest BCUT2D eigenvalue weighted by molar-refractivity contribution is -0.135. The Kier molecular flexibility index (Phi) is 5.64. The monoisotopic (exact) mass is 334 g/mol. The average molecular weight is 334 g/mol. The molecule has 0 radical (unpaired) electrons. The van der Waals surface area contributed by atoms with Gasteiger partial charge in [-0.1, -0.05) is 0 Å². The molecule has 0 saturated heterocycles. The lowest BCUT2D eigenvalue weighted by atomic mass is 10.3. The van der Waals surface area contributed by atoms with E-state index in [0.29, 0.717) is 30.2 Å². The fraction of sp³-hybridized carbons (Fsp3) is 0.500. The quantitative estimate of drug-likeness (QED) is 0.565. The minimum absolute atomic E-state index is 0.0209. The van der Waals surface area contributed by atoms with Crippen LogP contribution >= 0.6 is 0 Å². The largest absolute Gasteiger partial charge is 0.382 e. The maximum Gasteiger partial charge on any atom is 0.243 e. The predicted octanol–water partition coefficient (Wildman–Crippen LogP) is -0.913. The molecular formula is C14H22N8O2. The molecule has 2 aromatic rings. The molecule has 24 heavy (non-hydrogen) atoms. The summed E-state index contributed by atoms with van der Waals surface area (Å²) in [6, 6.07) is 0. The molecule has 0 aliphatic rings. The molecule has 130 valence electrons. The van der Waals surface area contributed by atoms with E-state index in [-0.39, 0.29) is 30.6 Å². The maximum atomic E-state index is 12.5. The van der Waals surface area contributed by atoms with E-state index < -0.39 is 0 Å². The van der Waals surface area contributed by atoms with Crippen molar-refractivity contribution in [1.29, 1.82) is 0 Å². The van der Waals surface area contributed by atoms with E-state index in [4.69, 9.17) is 5.73 Å².